The summed E-state index contributed by atoms with van der Waals surface area (Å²) in [5.74, 6) is 7.74. The van der Waals surface area contributed by atoms with Crippen LogP contribution in [0.5, 0.6) is 0 Å². The molecule has 9 heteroatoms. The first-order valence-electron chi connectivity index (χ1n) is 15.3. The maximum Gasteiger partial charge on any atom is 0.410 e. The lowest BCUT2D eigenvalue weighted by molar-refractivity contribution is 0.0788. The predicted octanol–water partition coefficient (Wildman–Crippen LogP) is 4.85. The Bertz CT molecular complexity index is 1770. The smallest absolute Gasteiger partial charge is 0.410 e. The molecule has 0 aliphatic carbocycles. The lowest BCUT2D eigenvalue weighted by atomic mass is 10.0. The lowest BCUT2D eigenvalue weighted by Gasteiger charge is -2.40. The molecule has 1 aromatic heterocycles. The second kappa shape index (κ2) is 13.7. The van der Waals surface area contributed by atoms with E-state index in [4.69, 9.17) is 21.3 Å². The van der Waals surface area contributed by atoms with Crippen LogP contribution < -0.4 is 9.80 Å². The van der Waals surface area contributed by atoms with E-state index in [9.17, 15) is 4.79 Å². The van der Waals surface area contributed by atoms with Gasteiger partial charge < -0.3 is 19.4 Å². The third-order valence-electron chi connectivity index (χ3n) is 8.27. The van der Waals surface area contributed by atoms with Crippen LogP contribution in [0.1, 0.15) is 22.6 Å². The van der Waals surface area contributed by atoms with Gasteiger partial charge in [-0.1, -0.05) is 72.7 Å². The van der Waals surface area contributed by atoms with Crippen LogP contribution in [-0.4, -0.2) is 85.3 Å². The van der Waals surface area contributed by atoms with Gasteiger partial charge in [0.2, 0.25) is 12.4 Å². The number of hydrogen-bond donors (Lipinski definition) is 0. The number of rotatable bonds is 6. The van der Waals surface area contributed by atoms with Gasteiger partial charge in [-0.3, -0.25) is 9.80 Å². The molecule has 0 spiro atoms. The fourth-order valence-corrected chi connectivity index (χ4v) is 6.05. The average molecular weight is 600 g/mol. The van der Waals surface area contributed by atoms with Crippen LogP contribution in [-0.2, 0) is 24.3 Å². The van der Waals surface area contributed by atoms with Gasteiger partial charge in [-0.15, -0.1) is 0 Å². The van der Waals surface area contributed by atoms with Crippen molar-refractivity contribution >= 4 is 28.4 Å². The fraction of sp³-hybridized carbons (Fsp3) is 0.333. The molecule has 3 aromatic carbocycles. The molecule has 0 saturated carbocycles. The number of amides is 1. The minimum atomic E-state index is -0.391. The van der Waals surface area contributed by atoms with Gasteiger partial charge in [-0.25, -0.2) is 21.3 Å². The van der Waals surface area contributed by atoms with Crippen molar-refractivity contribution < 1.29 is 9.53 Å². The maximum atomic E-state index is 13.2. The summed E-state index contributed by atoms with van der Waals surface area (Å²) in [7, 11) is 3.97. The van der Waals surface area contributed by atoms with E-state index in [0.717, 1.165) is 35.6 Å². The Morgan fingerprint density at radius 3 is 2.62 bits per heavy atom. The quantitative estimate of drug-likeness (QED) is 0.232. The zero-order valence-electron chi connectivity index (χ0n) is 25.8. The first kappa shape index (κ1) is 29.9. The second-order valence-corrected chi connectivity index (χ2v) is 11.7. The summed E-state index contributed by atoms with van der Waals surface area (Å²) in [5, 5.41) is 2.44. The monoisotopic (exact) mass is 599 g/mol. The highest BCUT2D eigenvalue weighted by Gasteiger charge is 2.36. The molecule has 1 atom stereocenters. The van der Waals surface area contributed by atoms with E-state index in [1.807, 2.05) is 49.3 Å². The number of piperazine rings is 1. The average Bonchev–Trinajstić information content (AvgIpc) is 3.06. The van der Waals surface area contributed by atoms with Gasteiger partial charge >= 0.3 is 6.09 Å². The van der Waals surface area contributed by atoms with Crippen molar-refractivity contribution in [3.05, 3.63) is 107 Å². The highest BCUT2D eigenvalue weighted by molar-refractivity contribution is 5.94. The molecule has 2 aliphatic rings. The van der Waals surface area contributed by atoms with Crippen LogP contribution >= 0.6 is 0 Å². The molecular weight excluding hydrogens is 562 g/mol. The van der Waals surface area contributed by atoms with Crippen molar-refractivity contribution in [2.45, 2.75) is 25.6 Å². The molecule has 0 N–H and O–H groups in total. The van der Waals surface area contributed by atoms with E-state index in [-0.39, 0.29) is 19.2 Å². The Kier molecular flexibility index (Phi) is 9.09. The molecule has 3 heterocycles. The Hall–Kier alpha value is -5.12. The topological polar surface area (TPSA) is 69.4 Å². The molecule has 4 aromatic rings. The van der Waals surface area contributed by atoms with Crippen molar-refractivity contribution in [2.75, 3.05) is 63.2 Å². The molecule has 45 heavy (non-hydrogen) atoms. The van der Waals surface area contributed by atoms with E-state index in [1.165, 1.54) is 16.5 Å². The Morgan fingerprint density at radius 1 is 1.00 bits per heavy atom. The number of hydrogen-bond acceptors (Lipinski definition) is 7. The van der Waals surface area contributed by atoms with Gasteiger partial charge in [0.05, 0.1) is 18.8 Å². The van der Waals surface area contributed by atoms with E-state index in [1.54, 1.807) is 4.90 Å². The number of carbonyl (C=O) groups excluding carboxylic acids is 1. The number of ether oxygens (including phenoxy) is 1. The Morgan fingerprint density at radius 2 is 1.80 bits per heavy atom. The largest absolute Gasteiger partial charge is 0.445 e. The number of anilines is 2. The van der Waals surface area contributed by atoms with Crippen molar-refractivity contribution in [3.63, 3.8) is 0 Å². The van der Waals surface area contributed by atoms with E-state index in [0.29, 0.717) is 38.5 Å². The normalized spacial score (nSPS) is 16.1. The highest BCUT2D eigenvalue weighted by Crippen LogP contribution is 2.33. The second-order valence-electron chi connectivity index (χ2n) is 11.7. The Labute approximate surface area is 264 Å². The van der Waals surface area contributed by atoms with E-state index < -0.39 is 6.09 Å². The molecule has 6 rings (SSSR count). The number of fused-ring (bicyclic) bond motifs is 2. The molecule has 0 unspecified atom stereocenters. The molecule has 9 nitrogen and oxygen atoms in total. The summed E-state index contributed by atoms with van der Waals surface area (Å²) in [6, 6.07) is 24.2. The SMILES string of the molecule is [C-]#[N+]C[C@H]1CN(c2nc(C#CCN(C)C)nc3c2CCN(c2cccc4ccccc24)C3)CCN1C(=O)OCc1ccccc1. The molecule has 0 radical (unpaired) electrons. The highest BCUT2D eigenvalue weighted by atomic mass is 16.6. The lowest BCUT2D eigenvalue weighted by Crippen LogP contribution is -2.57. The first-order valence-corrected chi connectivity index (χ1v) is 15.3. The van der Waals surface area contributed by atoms with Gasteiger partial charge in [0.25, 0.3) is 0 Å². The molecule has 0 bridgehead atoms. The number of benzene rings is 3. The van der Waals surface area contributed by atoms with Crippen LogP contribution in [0.2, 0.25) is 0 Å². The molecular formula is C36H37N7O2. The standard InChI is InChI=1S/C36H37N7O2/c1-37-23-29-24-42(21-22-43(29)36(44)45-26-27-11-5-4-6-12-27)35-31-18-20-41(33-16-9-14-28-13-7-8-15-30(28)33)25-32(31)38-34(39-35)17-10-19-40(2)3/h4-9,11-16,29H,18-26H2,2-3H3/t29-/m0/s1. The van der Waals surface area contributed by atoms with Crippen LogP contribution in [0, 0.1) is 18.4 Å². The van der Waals surface area contributed by atoms with Gasteiger partial charge in [0, 0.05) is 42.8 Å². The van der Waals surface area contributed by atoms with Crippen molar-refractivity contribution in [3.8, 4) is 11.8 Å². The first-order chi connectivity index (χ1) is 22.0. The third-order valence-corrected chi connectivity index (χ3v) is 8.27. The number of nitrogens with zero attached hydrogens (tertiary/aromatic N) is 7. The van der Waals surface area contributed by atoms with Crippen LogP contribution in [0.4, 0.5) is 16.3 Å². The summed E-state index contributed by atoms with van der Waals surface area (Å²) < 4.78 is 5.65. The van der Waals surface area contributed by atoms with Gasteiger partial charge in [-0.05, 0) is 43.5 Å². The van der Waals surface area contributed by atoms with Gasteiger partial charge in [-0.2, -0.15) is 0 Å². The minimum absolute atomic E-state index is 0.189. The van der Waals surface area contributed by atoms with Crippen LogP contribution in [0.15, 0.2) is 72.8 Å². The van der Waals surface area contributed by atoms with Crippen molar-refractivity contribution in [1.29, 1.82) is 0 Å². The summed E-state index contributed by atoms with van der Waals surface area (Å²) in [4.78, 5) is 35.1. The van der Waals surface area contributed by atoms with E-state index >= 15 is 0 Å². The summed E-state index contributed by atoms with van der Waals surface area (Å²) in [6.45, 7) is 11.6. The maximum absolute atomic E-state index is 13.2. The summed E-state index contributed by atoms with van der Waals surface area (Å²) in [5.41, 5.74) is 4.21. The Balaban J connectivity index is 1.27. The van der Waals surface area contributed by atoms with Crippen molar-refractivity contribution in [1.82, 2.24) is 19.8 Å². The van der Waals surface area contributed by atoms with E-state index in [2.05, 4.69) is 69.0 Å². The number of carbonyl (C=O) groups is 1. The zero-order chi connectivity index (χ0) is 31.2. The molecule has 1 amide bonds. The van der Waals surface area contributed by atoms with Gasteiger partial charge in [0.15, 0.2) is 0 Å². The van der Waals surface area contributed by atoms with Crippen molar-refractivity contribution in [2.24, 2.45) is 0 Å². The number of aromatic nitrogens is 2. The zero-order valence-corrected chi connectivity index (χ0v) is 25.8. The summed E-state index contributed by atoms with van der Waals surface area (Å²) in [6.07, 6.45) is 0.393. The predicted molar refractivity (Wildman–Crippen MR) is 177 cm³/mol. The third kappa shape index (κ3) is 6.85. The minimum Gasteiger partial charge on any atom is -0.445 e. The molecule has 1 fully saturated rings. The van der Waals surface area contributed by atoms with Crippen LogP contribution in [0.3, 0.4) is 0 Å². The molecule has 1 saturated heterocycles. The molecule has 2 aliphatic heterocycles. The fourth-order valence-electron chi connectivity index (χ4n) is 6.05. The summed E-state index contributed by atoms with van der Waals surface area (Å²) >= 11 is 0. The van der Waals surface area contributed by atoms with Gasteiger partial charge in [0.1, 0.15) is 18.5 Å². The van der Waals surface area contributed by atoms with Crippen LogP contribution in [0.25, 0.3) is 15.6 Å². The molecule has 228 valence electrons.